The molecular weight excluding hydrogens is 248 g/mol. The number of nitrogens with zero attached hydrogens (tertiary/aromatic N) is 1. The Labute approximate surface area is 111 Å². The number of benzene rings is 1. The topological polar surface area (TPSA) is 95.5 Å². The van der Waals surface area contributed by atoms with Gasteiger partial charge in [-0.05, 0) is 31.2 Å². The molecule has 1 amide bonds. The molecule has 0 aliphatic carbocycles. The molecule has 0 aliphatic rings. The summed E-state index contributed by atoms with van der Waals surface area (Å²) in [6.45, 7) is 3.96. The van der Waals surface area contributed by atoms with E-state index in [9.17, 15) is 14.9 Å². The van der Waals surface area contributed by atoms with Gasteiger partial charge in [0.1, 0.15) is 0 Å². The van der Waals surface area contributed by atoms with Crippen LogP contribution in [0.25, 0.3) is 0 Å². The van der Waals surface area contributed by atoms with Gasteiger partial charge in [-0.25, -0.2) is 4.79 Å². The minimum atomic E-state index is -0.779. The Morgan fingerprint density at radius 1 is 1.53 bits per heavy atom. The van der Waals surface area contributed by atoms with Gasteiger partial charge in [-0.3, -0.25) is 10.1 Å². The molecule has 0 aromatic heterocycles. The smallest absolute Gasteiger partial charge is 0.404 e. The van der Waals surface area contributed by atoms with Crippen molar-refractivity contribution in [2.45, 2.75) is 26.7 Å². The van der Waals surface area contributed by atoms with Crippen LogP contribution in [0.2, 0.25) is 0 Å². The molecule has 0 saturated heterocycles. The lowest BCUT2D eigenvalue weighted by Gasteiger charge is -2.12. The Hall–Kier alpha value is -2.11. The zero-order valence-corrected chi connectivity index (χ0v) is 11.1. The highest BCUT2D eigenvalue weighted by Crippen LogP contribution is 2.23. The third-order valence-corrected chi connectivity index (χ3v) is 3.03. The Bertz CT molecular complexity index is 474. The molecule has 0 saturated carbocycles. The fraction of sp³-hybridized carbons (Fsp3) is 0.462. The van der Waals surface area contributed by atoms with E-state index < -0.39 is 6.09 Å². The van der Waals surface area contributed by atoms with Crippen molar-refractivity contribution in [2.24, 2.45) is 11.7 Å². The molecular formula is C13H18N2O4. The second kappa shape index (κ2) is 6.72. The average molecular weight is 266 g/mol. The van der Waals surface area contributed by atoms with Crippen molar-refractivity contribution in [3.05, 3.63) is 39.4 Å². The number of carbonyl (C=O) groups is 1. The highest BCUT2D eigenvalue weighted by Gasteiger charge is 2.14. The van der Waals surface area contributed by atoms with Gasteiger partial charge in [-0.1, -0.05) is 19.1 Å². The van der Waals surface area contributed by atoms with E-state index in [1.807, 2.05) is 13.0 Å². The summed E-state index contributed by atoms with van der Waals surface area (Å²) in [4.78, 5) is 20.9. The molecule has 0 spiro atoms. The zero-order chi connectivity index (χ0) is 14.4. The summed E-state index contributed by atoms with van der Waals surface area (Å²) in [5.74, 6) is 0.158. The van der Waals surface area contributed by atoms with E-state index in [0.717, 1.165) is 12.0 Å². The largest absolute Gasteiger partial charge is 0.449 e. The number of ether oxygens (including phenoxy) is 1. The predicted octanol–water partition coefficient (Wildman–Crippen LogP) is 2.57. The van der Waals surface area contributed by atoms with Gasteiger partial charge in [0, 0.05) is 11.6 Å². The van der Waals surface area contributed by atoms with E-state index in [-0.39, 0.29) is 23.1 Å². The van der Waals surface area contributed by atoms with E-state index in [4.69, 9.17) is 10.5 Å². The molecule has 0 bridgehead atoms. The van der Waals surface area contributed by atoms with E-state index in [1.165, 1.54) is 6.07 Å². The molecule has 0 aliphatic heterocycles. The lowest BCUT2D eigenvalue weighted by atomic mass is 9.97. The van der Waals surface area contributed by atoms with Crippen LogP contribution in [-0.4, -0.2) is 17.6 Å². The van der Waals surface area contributed by atoms with Gasteiger partial charge in [-0.15, -0.1) is 0 Å². The summed E-state index contributed by atoms with van der Waals surface area (Å²) in [6.07, 6.45) is 0.699. The lowest BCUT2D eigenvalue weighted by Crippen LogP contribution is -2.17. The van der Waals surface area contributed by atoms with Crippen molar-refractivity contribution in [3.8, 4) is 0 Å². The van der Waals surface area contributed by atoms with Crippen LogP contribution < -0.4 is 5.73 Å². The van der Waals surface area contributed by atoms with Crippen molar-refractivity contribution < 1.29 is 14.5 Å². The van der Waals surface area contributed by atoms with Crippen LogP contribution in [0.1, 0.15) is 24.5 Å². The molecule has 104 valence electrons. The van der Waals surface area contributed by atoms with Crippen LogP contribution in [0.5, 0.6) is 0 Å². The Kier molecular flexibility index (Phi) is 5.29. The average Bonchev–Trinajstić information content (AvgIpc) is 2.34. The third-order valence-electron chi connectivity index (χ3n) is 3.03. The van der Waals surface area contributed by atoms with Crippen molar-refractivity contribution in [1.29, 1.82) is 0 Å². The van der Waals surface area contributed by atoms with Crippen LogP contribution in [0, 0.1) is 23.0 Å². The van der Waals surface area contributed by atoms with Crippen LogP contribution in [0.15, 0.2) is 18.2 Å². The van der Waals surface area contributed by atoms with Crippen LogP contribution >= 0.6 is 0 Å². The summed E-state index contributed by atoms with van der Waals surface area (Å²) >= 11 is 0. The second-order valence-electron chi connectivity index (χ2n) is 4.59. The van der Waals surface area contributed by atoms with Gasteiger partial charge in [0.2, 0.25) is 0 Å². The van der Waals surface area contributed by atoms with E-state index in [1.54, 1.807) is 13.0 Å². The summed E-state index contributed by atoms with van der Waals surface area (Å²) in [6, 6.07) is 5.06. The van der Waals surface area contributed by atoms with Gasteiger partial charge in [0.15, 0.2) is 0 Å². The molecule has 0 heterocycles. The van der Waals surface area contributed by atoms with Crippen molar-refractivity contribution in [1.82, 2.24) is 0 Å². The molecule has 1 atom stereocenters. The number of carbonyl (C=O) groups excluding carboxylic acids is 1. The fourth-order valence-electron chi connectivity index (χ4n) is 1.85. The minimum Gasteiger partial charge on any atom is -0.449 e. The van der Waals surface area contributed by atoms with Crippen LogP contribution in [0.3, 0.4) is 0 Å². The van der Waals surface area contributed by atoms with Gasteiger partial charge < -0.3 is 10.5 Å². The number of nitro benzene ring substituents is 1. The van der Waals surface area contributed by atoms with Crippen LogP contribution in [0.4, 0.5) is 10.5 Å². The molecule has 1 rings (SSSR count). The Morgan fingerprint density at radius 3 is 2.79 bits per heavy atom. The molecule has 6 nitrogen and oxygen atoms in total. The van der Waals surface area contributed by atoms with Crippen molar-refractivity contribution in [3.63, 3.8) is 0 Å². The SMILES string of the molecule is Cc1c(CCC(C)COC(N)=O)cccc1[N+](=O)[O-]. The summed E-state index contributed by atoms with van der Waals surface area (Å²) in [5.41, 5.74) is 6.66. The fourth-order valence-corrected chi connectivity index (χ4v) is 1.85. The molecule has 1 aromatic carbocycles. The number of rotatable bonds is 6. The maximum absolute atomic E-state index is 10.8. The highest BCUT2D eigenvalue weighted by atomic mass is 16.6. The van der Waals surface area contributed by atoms with E-state index in [0.29, 0.717) is 12.0 Å². The number of nitrogens with two attached hydrogens (primary N) is 1. The maximum atomic E-state index is 10.8. The Morgan fingerprint density at radius 2 is 2.21 bits per heavy atom. The molecule has 0 fully saturated rings. The van der Waals surface area contributed by atoms with Gasteiger partial charge in [-0.2, -0.15) is 0 Å². The zero-order valence-electron chi connectivity index (χ0n) is 11.1. The monoisotopic (exact) mass is 266 g/mol. The number of hydrogen-bond donors (Lipinski definition) is 1. The molecule has 2 N–H and O–H groups in total. The Balaban J connectivity index is 2.60. The first-order valence-electron chi connectivity index (χ1n) is 6.07. The first-order valence-corrected chi connectivity index (χ1v) is 6.07. The third kappa shape index (κ3) is 4.57. The number of nitro groups is 1. The molecule has 1 aromatic rings. The van der Waals surface area contributed by atoms with Gasteiger partial charge in [0.25, 0.3) is 5.69 Å². The maximum Gasteiger partial charge on any atom is 0.404 e. The summed E-state index contributed by atoms with van der Waals surface area (Å²) in [5, 5.41) is 10.8. The molecule has 0 radical (unpaired) electrons. The number of amides is 1. The van der Waals surface area contributed by atoms with E-state index >= 15 is 0 Å². The van der Waals surface area contributed by atoms with Crippen molar-refractivity contribution >= 4 is 11.8 Å². The first-order chi connectivity index (χ1) is 8.91. The number of primary amides is 1. The number of aryl methyl sites for hydroxylation is 1. The van der Waals surface area contributed by atoms with Crippen molar-refractivity contribution in [2.75, 3.05) is 6.61 Å². The first kappa shape index (κ1) is 14.9. The standard InChI is InChI=1S/C13H18N2O4/c1-9(8-19-13(14)16)6-7-11-4-3-5-12(10(11)2)15(17)18/h3-5,9H,6-8H2,1-2H3,(H2,14,16). The number of hydrogen-bond acceptors (Lipinski definition) is 4. The van der Waals surface area contributed by atoms with Gasteiger partial charge >= 0.3 is 6.09 Å². The quantitative estimate of drug-likeness (QED) is 0.632. The van der Waals surface area contributed by atoms with Crippen LogP contribution in [-0.2, 0) is 11.2 Å². The van der Waals surface area contributed by atoms with Gasteiger partial charge in [0.05, 0.1) is 11.5 Å². The molecule has 6 heteroatoms. The molecule has 19 heavy (non-hydrogen) atoms. The minimum absolute atomic E-state index is 0.138. The predicted molar refractivity (Wildman–Crippen MR) is 70.9 cm³/mol. The van der Waals surface area contributed by atoms with E-state index in [2.05, 4.69) is 0 Å². The lowest BCUT2D eigenvalue weighted by molar-refractivity contribution is -0.385. The summed E-state index contributed by atoms with van der Waals surface area (Å²) < 4.78 is 4.71. The second-order valence-corrected chi connectivity index (χ2v) is 4.59. The highest BCUT2D eigenvalue weighted by molar-refractivity contribution is 5.64. The summed E-state index contributed by atoms with van der Waals surface area (Å²) in [7, 11) is 0. The normalized spacial score (nSPS) is 11.9. The molecule has 1 unspecified atom stereocenters.